The molecule has 0 saturated carbocycles. The first-order valence-corrected chi connectivity index (χ1v) is 5.36. The Hall–Kier alpha value is -1.28. The number of nitrogens with one attached hydrogen (secondary N) is 1. The predicted molar refractivity (Wildman–Crippen MR) is 62.9 cm³/mol. The van der Waals surface area contributed by atoms with Gasteiger partial charge in [0.1, 0.15) is 0 Å². The Bertz CT molecular complexity index is 477. The molecule has 0 unspecified atom stereocenters. The Morgan fingerprint density at radius 3 is 2.53 bits per heavy atom. The molecular formula is C13H17NO. The van der Waals surface area contributed by atoms with E-state index in [9.17, 15) is 5.11 Å². The van der Waals surface area contributed by atoms with Crippen LogP contribution in [0.15, 0.2) is 24.3 Å². The molecule has 2 aromatic rings. The van der Waals surface area contributed by atoms with E-state index in [2.05, 4.69) is 18.0 Å². The third kappa shape index (κ3) is 1.65. The lowest BCUT2D eigenvalue weighted by molar-refractivity contribution is 0.0737. The van der Waals surface area contributed by atoms with Gasteiger partial charge in [-0.1, -0.05) is 25.1 Å². The summed E-state index contributed by atoms with van der Waals surface area (Å²) in [5.41, 5.74) is 2.46. The highest BCUT2D eigenvalue weighted by Crippen LogP contribution is 2.29. The molecule has 80 valence electrons. The maximum Gasteiger partial charge on any atom is 0.0990 e. The minimum atomic E-state index is -0.801. The van der Waals surface area contributed by atoms with Crippen molar-refractivity contribution in [1.29, 1.82) is 0 Å². The third-order valence-electron chi connectivity index (χ3n) is 2.78. The first-order valence-electron chi connectivity index (χ1n) is 5.36. The molecule has 0 aliphatic heterocycles. The number of aliphatic hydroxyl groups is 1. The maximum atomic E-state index is 10.1. The largest absolute Gasteiger partial charge is 0.384 e. The minimum absolute atomic E-state index is 0.801. The minimum Gasteiger partial charge on any atom is -0.384 e. The average Bonchev–Trinajstić information content (AvgIpc) is 2.55. The van der Waals surface area contributed by atoms with E-state index in [1.54, 1.807) is 0 Å². The number of rotatable bonds is 2. The van der Waals surface area contributed by atoms with E-state index >= 15 is 0 Å². The summed E-state index contributed by atoms with van der Waals surface area (Å²) in [6.07, 6.45) is 0.934. The van der Waals surface area contributed by atoms with Gasteiger partial charge in [-0.15, -0.1) is 0 Å². The molecule has 0 radical (unpaired) electrons. The standard InChI is InChI=1S/C13H17NO/c1-4-9-10-7-5-6-8-11(10)14-12(9)13(2,3)15/h5-8,14-15H,4H2,1-3H3. The lowest BCUT2D eigenvalue weighted by Crippen LogP contribution is -2.17. The van der Waals surface area contributed by atoms with E-state index in [1.807, 2.05) is 32.0 Å². The molecule has 1 heterocycles. The third-order valence-corrected chi connectivity index (χ3v) is 2.78. The van der Waals surface area contributed by atoms with Crippen LogP contribution in [0.1, 0.15) is 32.0 Å². The summed E-state index contributed by atoms with van der Waals surface area (Å²) in [5.74, 6) is 0. The molecule has 1 aromatic carbocycles. The van der Waals surface area contributed by atoms with E-state index in [0.29, 0.717) is 0 Å². The van der Waals surface area contributed by atoms with Gasteiger partial charge in [0, 0.05) is 10.9 Å². The van der Waals surface area contributed by atoms with E-state index in [0.717, 1.165) is 17.6 Å². The molecule has 2 nitrogen and oxygen atoms in total. The number of aromatic nitrogens is 1. The molecule has 0 aliphatic carbocycles. The number of aromatic amines is 1. The molecule has 0 amide bonds. The molecule has 0 fully saturated rings. The van der Waals surface area contributed by atoms with Crippen LogP contribution in [0.4, 0.5) is 0 Å². The highest BCUT2D eigenvalue weighted by Gasteiger charge is 2.22. The summed E-state index contributed by atoms with van der Waals surface area (Å²) in [7, 11) is 0. The van der Waals surface area contributed by atoms with Gasteiger partial charge in [0.2, 0.25) is 0 Å². The molecule has 15 heavy (non-hydrogen) atoms. The zero-order chi connectivity index (χ0) is 11.1. The van der Waals surface area contributed by atoms with Gasteiger partial charge in [0.15, 0.2) is 0 Å². The van der Waals surface area contributed by atoms with E-state index in [1.165, 1.54) is 10.9 Å². The second-order valence-corrected chi connectivity index (χ2v) is 4.44. The molecule has 0 aliphatic rings. The number of H-pyrrole nitrogens is 1. The molecular weight excluding hydrogens is 186 g/mol. The Balaban J connectivity index is 2.75. The van der Waals surface area contributed by atoms with Gasteiger partial charge in [-0.25, -0.2) is 0 Å². The van der Waals surface area contributed by atoms with Crippen LogP contribution >= 0.6 is 0 Å². The van der Waals surface area contributed by atoms with Gasteiger partial charge in [-0.05, 0) is 31.9 Å². The molecule has 2 rings (SSSR count). The Morgan fingerprint density at radius 1 is 1.27 bits per heavy atom. The number of fused-ring (bicyclic) bond motifs is 1. The second-order valence-electron chi connectivity index (χ2n) is 4.44. The Kier molecular flexibility index (Phi) is 2.31. The van der Waals surface area contributed by atoms with Gasteiger partial charge in [-0.2, -0.15) is 0 Å². The lowest BCUT2D eigenvalue weighted by atomic mass is 9.98. The van der Waals surface area contributed by atoms with Crippen molar-refractivity contribution >= 4 is 10.9 Å². The van der Waals surface area contributed by atoms with Crippen LogP contribution in [-0.2, 0) is 12.0 Å². The topological polar surface area (TPSA) is 36.0 Å². The van der Waals surface area contributed by atoms with Gasteiger partial charge in [0.05, 0.1) is 11.3 Å². The number of para-hydroxylation sites is 1. The fourth-order valence-electron chi connectivity index (χ4n) is 2.09. The highest BCUT2D eigenvalue weighted by atomic mass is 16.3. The zero-order valence-corrected chi connectivity index (χ0v) is 9.46. The van der Waals surface area contributed by atoms with Crippen molar-refractivity contribution in [3.8, 4) is 0 Å². The summed E-state index contributed by atoms with van der Waals surface area (Å²) in [4.78, 5) is 3.31. The average molecular weight is 203 g/mol. The monoisotopic (exact) mass is 203 g/mol. The quantitative estimate of drug-likeness (QED) is 0.773. The summed E-state index contributed by atoms with van der Waals surface area (Å²) >= 11 is 0. The fourth-order valence-corrected chi connectivity index (χ4v) is 2.09. The van der Waals surface area contributed by atoms with Crippen molar-refractivity contribution in [3.05, 3.63) is 35.5 Å². The molecule has 0 spiro atoms. The van der Waals surface area contributed by atoms with Crippen LogP contribution in [-0.4, -0.2) is 10.1 Å². The van der Waals surface area contributed by atoms with Crippen LogP contribution in [0.25, 0.3) is 10.9 Å². The Labute approximate surface area is 89.9 Å². The number of hydrogen-bond acceptors (Lipinski definition) is 1. The van der Waals surface area contributed by atoms with Crippen molar-refractivity contribution in [2.45, 2.75) is 32.8 Å². The summed E-state index contributed by atoms with van der Waals surface area (Å²) < 4.78 is 0. The predicted octanol–water partition coefficient (Wildman–Crippen LogP) is 2.96. The normalized spacial score (nSPS) is 12.3. The number of hydrogen-bond donors (Lipinski definition) is 2. The van der Waals surface area contributed by atoms with Crippen LogP contribution in [0.5, 0.6) is 0 Å². The smallest absolute Gasteiger partial charge is 0.0990 e. The first kappa shape index (κ1) is 10.2. The SMILES string of the molecule is CCc1c(C(C)(C)O)[nH]c2ccccc12. The summed E-state index contributed by atoms with van der Waals surface area (Å²) in [6, 6.07) is 8.18. The van der Waals surface area contributed by atoms with Gasteiger partial charge in [-0.3, -0.25) is 0 Å². The second kappa shape index (κ2) is 3.38. The van der Waals surface area contributed by atoms with Gasteiger partial charge < -0.3 is 10.1 Å². The van der Waals surface area contributed by atoms with Crippen molar-refractivity contribution in [2.75, 3.05) is 0 Å². The molecule has 2 heteroatoms. The van der Waals surface area contributed by atoms with Crippen LogP contribution in [0, 0.1) is 0 Å². The van der Waals surface area contributed by atoms with Crippen molar-refractivity contribution in [2.24, 2.45) is 0 Å². The zero-order valence-electron chi connectivity index (χ0n) is 9.46. The van der Waals surface area contributed by atoms with Crippen molar-refractivity contribution < 1.29 is 5.11 Å². The maximum absolute atomic E-state index is 10.1. The molecule has 1 aromatic heterocycles. The summed E-state index contributed by atoms with van der Waals surface area (Å²) in [5, 5.41) is 11.3. The van der Waals surface area contributed by atoms with Crippen LogP contribution in [0.3, 0.4) is 0 Å². The van der Waals surface area contributed by atoms with E-state index in [4.69, 9.17) is 0 Å². The van der Waals surface area contributed by atoms with E-state index < -0.39 is 5.60 Å². The Morgan fingerprint density at radius 2 is 1.93 bits per heavy atom. The van der Waals surface area contributed by atoms with Crippen molar-refractivity contribution in [3.63, 3.8) is 0 Å². The molecule has 0 atom stereocenters. The molecule has 2 N–H and O–H groups in total. The van der Waals surface area contributed by atoms with Gasteiger partial charge in [0.25, 0.3) is 0 Å². The van der Waals surface area contributed by atoms with Crippen molar-refractivity contribution in [1.82, 2.24) is 4.98 Å². The number of benzene rings is 1. The highest BCUT2D eigenvalue weighted by molar-refractivity contribution is 5.84. The van der Waals surface area contributed by atoms with Crippen LogP contribution < -0.4 is 0 Å². The lowest BCUT2D eigenvalue weighted by Gasteiger charge is -2.17. The van der Waals surface area contributed by atoms with Gasteiger partial charge >= 0.3 is 0 Å². The van der Waals surface area contributed by atoms with Crippen LogP contribution in [0.2, 0.25) is 0 Å². The number of aryl methyl sites for hydroxylation is 1. The first-order chi connectivity index (χ1) is 7.04. The fraction of sp³-hybridized carbons (Fsp3) is 0.385. The molecule has 0 saturated heterocycles. The molecule has 0 bridgehead atoms. The van der Waals surface area contributed by atoms with E-state index in [-0.39, 0.29) is 0 Å². The summed E-state index contributed by atoms with van der Waals surface area (Å²) in [6.45, 7) is 5.75.